The lowest BCUT2D eigenvalue weighted by Crippen LogP contribution is -2.30. The minimum absolute atomic E-state index is 1.02. The summed E-state index contributed by atoms with van der Waals surface area (Å²) in [5.41, 5.74) is 8.09. The molecular formula is C27H24N+. The van der Waals surface area contributed by atoms with E-state index in [0.29, 0.717) is 0 Å². The average Bonchev–Trinajstić information content (AvgIpc) is 2.90. The third-order valence-corrected chi connectivity index (χ3v) is 6.02. The number of aromatic nitrogens is 1. The fourth-order valence-electron chi connectivity index (χ4n) is 4.56. The fourth-order valence-corrected chi connectivity index (χ4v) is 4.56. The maximum atomic E-state index is 2.31. The Kier molecular flexibility index (Phi) is 3.91. The van der Waals surface area contributed by atoms with E-state index >= 15 is 0 Å². The molecule has 0 aliphatic heterocycles. The Labute approximate surface area is 166 Å². The summed E-state index contributed by atoms with van der Waals surface area (Å²) in [7, 11) is 2.15. The molecule has 0 radical (unpaired) electrons. The third kappa shape index (κ3) is 2.58. The van der Waals surface area contributed by atoms with Gasteiger partial charge in [0.1, 0.15) is 7.05 Å². The van der Waals surface area contributed by atoms with Gasteiger partial charge < -0.3 is 0 Å². The molecule has 4 aromatic rings. The van der Waals surface area contributed by atoms with Crippen molar-refractivity contribution in [2.45, 2.75) is 20.3 Å². The van der Waals surface area contributed by atoms with E-state index in [1.54, 1.807) is 0 Å². The lowest BCUT2D eigenvalue weighted by molar-refractivity contribution is -0.659. The van der Waals surface area contributed by atoms with Crippen molar-refractivity contribution >= 4 is 27.6 Å². The van der Waals surface area contributed by atoms with Crippen molar-refractivity contribution in [3.63, 3.8) is 0 Å². The molecule has 0 atom stereocenters. The van der Waals surface area contributed by atoms with Gasteiger partial charge in [-0.05, 0) is 59.9 Å². The van der Waals surface area contributed by atoms with E-state index in [1.165, 1.54) is 55.1 Å². The molecule has 5 rings (SSSR count). The highest BCUT2D eigenvalue weighted by atomic mass is 14.9. The molecule has 0 spiro atoms. The standard InChI is InChI=1S/C27H24N/c1-18-7-6-10-24-21(17-18)12-14-26-25(24)15-16-28(3)27(26)23-13-11-20-8-4-5-9-22(20)19(23)2/h4-16H,17H2,1-3H3/q+1. The van der Waals surface area contributed by atoms with Crippen LogP contribution in [0.15, 0.2) is 78.5 Å². The molecule has 0 unspecified atom stereocenters. The summed E-state index contributed by atoms with van der Waals surface area (Å²) in [5.74, 6) is 0. The van der Waals surface area contributed by atoms with Gasteiger partial charge in [-0.3, -0.25) is 0 Å². The van der Waals surface area contributed by atoms with Crippen LogP contribution in [0.4, 0.5) is 0 Å². The van der Waals surface area contributed by atoms with E-state index in [2.05, 4.69) is 104 Å². The maximum Gasteiger partial charge on any atom is 0.220 e. The summed E-state index contributed by atoms with van der Waals surface area (Å²) in [6, 6.07) is 20.1. The monoisotopic (exact) mass is 362 g/mol. The zero-order valence-corrected chi connectivity index (χ0v) is 16.7. The average molecular weight is 362 g/mol. The summed E-state index contributed by atoms with van der Waals surface area (Å²) in [4.78, 5) is 0. The molecule has 1 heteroatoms. The number of pyridine rings is 1. The summed E-state index contributed by atoms with van der Waals surface area (Å²) in [5, 5.41) is 5.26. The van der Waals surface area contributed by atoms with Crippen molar-refractivity contribution in [3.8, 4) is 11.3 Å². The van der Waals surface area contributed by atoms with Gasteiger partial charge in [-0.25, -0.2) is 4.57 Å². The van der Waals surface area contributed by atoms with Crippen LogP contribution in [0.25, 0.3) is 38.9 Å². The number of benzene rings is 3. The minimum Gasteiger partial charge on any atom is -0.200 e. The van der Waals surface area contributed by atoms with Crippen molar-refractivity contribution in [2.24, 2.45) is 7.05 Å². The highest BCUT2D eigenvalue weighted by molar-refractivity contribution is 6.01. The normalized spacial score (nSPS) is 13.5. The second kappa shape index (κ2) is 6.45. The van der Waals surface area contributed by atoms with Crippen LogP contribution in [0.5, 0.6) is 0 Å². The summed E-state index contributed by atoms with van der Waals surface area (Å²) < 4.78 is 2.26. The Morgan fingerprint density at radius 3 is 2.57 bits per heavy atom. The van der Waals surface area contributed by atoms with E-state index in [0.717, 1.165) is 6.42 Å². The minimum atomic E-state index is 1.02. The third-order valence-electron chi connectivity index (χ3n) is 6.02. The van der Waals surface area contributed by atoms with Gasteiger partial charge in [0.25, 0.3) is 0 Å². The SMILES string of the molecule is CC1=CC=Cc2c(ccc3c(-c4ccc5ccccc5c4C)[n+](C)ccc23)C1. The number of fused-ring (bicyclic) bond motifs is 4. The van der Waals surface area contributed by atoms with Crippen molar-refractivity contribution in [2.75, 3.05) is 0 Å². The van der Waals surface area contributed by atoms with E-state index in [1.807, 2.05) is 0 Å². The van der Waals surface area contributed by atoms with Crippen LogP contribution in [0.3, 0.4) is 0 Å². The molecule has 3 aromatic carbocycles. The predicted molar refractivity (Wildman–Crippen MR) is 119 cm³/mol. The Bertz CT molecular complexity index is 1310. The molecule has 0 amide bonds. The number of allylic oxidation sites excluding steroid dienone is 3. The number of rotatable bonds is 1. The topological polar surface area (TPSA) is 3.88 Å². The maximum absolute atomic E-state index is 2.31. The van der Waals surface area contributed by atoms with Gasteiger partial charge in [-0.15, -0.1) is 0 Å². The first-order valence-electron chi connectivity index (χ1n) is 9.90. The second-order valence-corrected chi connectivity index (χ2v) is 7.88. The van der Waals surface area contributed by atoms with Crippen LogP contribution in [0, 0.1) is 6.92 Å². The lowest BCUT2D eigenvalue weighted by Gasteiger charge is -2.13. The molecular weight excluding hydrogens is 338 g/mol. The highest BCUT2D eigenvalue weighted by Crippen LogP contribution is 2.35. The molecule has 1 aliphatic rings. The Balaban J connectivity index is 1.83. The van der Waals surface area contributed by atoms with Crippen molar-refractivity contribution in [1.82, 2.24) is 0 Å². The van der Waals surface area contributed by atoms with Gasteiger partial charge in [-0.2, -0.15) is 0 Å². The molecule has 0 N–H and O–H groups in total. The van der Waals surface area contributed by atoms with Crippen LogP contribution in [-0.2, 0) is 13.5 Å². The van der Waals surface area contributed by atoms with Crippen LogP contribution >= 0.6 is 0 Å². The first-order chi connectivity index (χ1) is 13.6. The summed E-state index contributed by atoms with van der Waals surface area (Å²) >= 11 is 0. The van der Waals surface area contributed by atoms with Crippen LogP contribution in [0.2, 0.25) is 0 Å². The molecule has 1 aromatic heterocycles. The van der Waals surface area contributed by atoms with Crippen molar-refractivity contribution < 1.29 is 4.57 Å². The van der Waals surface area contributed by atoms with Gasteiger partial charge >= 0.3 is 0 Å². The molecule has 0 fully saturated rings. The van der Waals surface area contributed by atoms with Crippen LogP contribution in [-0.4, -0.2) is 0 Å². The predicted octanol–water partition coefficient (Wildman–Crippen LogP) is 6.31. The van der Waals surface area contributed by atoms with Crippen LogP contribution < -0.4 is 4.57 Å². The van der Waals surface area contributed by atoms with Crippen molar-refractivity contribution in [1.29, 1.82) is 0 Å². The summed E-state index contributed by atoms with van der Waals surface area (Å²) in [6.07, 6.45) is 9.90. The molecule has 0 saturated carbocycles. The summed E-state index contributed by atoms with van der Waals surface area (Å²) in [6.45, 7) is 4.45. The van der Waals surface area contributed by atoms with Gasteiger partial charge in [0.15, 0.2) is 6.20 Å². The van der Waals surface area contributed by atoms with E-state index in [9.17, 15) is 0 Å². The van der Waals surface area contributed by atoms with Crippen LogP contribution in [0.1, 0.15) is 23.6 Å². The van der Waals surface area contributed by atoms with Crippen molar-refractivity contribution in [3.05, 3.63) is 95.2 Å². The second-order valence-electron chi connectivity index (χ2n) is 7.88. The Hall–Kier alpha value is -3.19. The molecule has 1 aliphatic carbocycles. The quantitative estimate of drug-likeness (QED) is 0.349. The number of hydrogen-bond acceptors (Lipinski definition) is 0. The fraction of sp³-hybridized carbons (Fsp3) is 0.148. The van der Waals surface area contributed by atoms with Gasteiger partial charge in [0.05, 0.1) is 10.9 Å². The largest absolute Gasteiger partial charge is 0.220 e. The zero-order chi connectivity index (χ0) is 19.3. The van der Waals surface area contributed by atoms with E-state index in [4.69, 9.17) is 0 Å². The highest BCUT2D eigenvalue weighted by Gasteiger charge is 2.20. The Morgan fingerprint density at radius 1 is 0.821 bits per heavy atom. The number of hydrogen-bond donors (Lipinski definition) is 0. The molecule has 1 heterocycles. The van der Waals surface area contributed by atoms with Gasteiger partial charge in [0.2, 0.25) is 5.69 Å². The first-order valence-corrected chi connectivity index (χ1v) is 9.90. The lowest BCUT2D eigenvalue weighted by atomic mass is 9.91. The number of nitrogens with zero attached hydrogens (tertiary/aromatic N) is 1. The molecule has 136 valence electrons. The van der Waals surface area contributed by atoms with Gasteiger partial charge in [0, 0.05) is 11.5 Å². The van der Waals surface area contributed by atoms with E-state index in [-0.39, 0.29) is 0 Å². The number of aryl methyl sites for hydroxylation is 2. The van der Waals surface area contributed by atoms with E-state index < -0.39 is 0 Å². The smallest absolute Gasteiger partial charge is 0.200 e. The molecule has 1 nitrogen and oxygen atoms in total. The molecule has 28 heavy (non-hydrogen) atoms. The first kappa shape index (κ1) is 16.9. The zero-order valence-electron chi connectivity index (χ0n) is 16.7. The Morgan fingerprint density at radius 2 is 1.68 bits per heavy atom. The molecule has 0 bridgehead atoms. The van der Waals surface area contributed by atoms with Gasteiger partial charge in [-0.1, -0.05) is 60.2 Å². The molecule has 0 saturated heterocycles.